The molecule has 1 unspecified atom stereocenters. The van der Waals surface area contributed by atoms with Crippen LogP contribution in [0, 0.1) is 26.7 Å². The molecule has 0 radical (unpaired) electrons. The SMILES string of the molecule is Cc1ccc(C)c(OCCC(C)CCBr)c1C. The van der Waals surface area contributed by atoms with Crippen molar-refractivity contribution in [1.82, 2.24) is 0 Å². The molecule has 0 aliphatic carbocycles. The molecule has 1 nitrogen and oxygen atoms in total. The van der Waals surface area contributed by atoms with Crippen LogP contribution in [0.3, 0.4) is 0 Å². The Morgan fingerprint density at radius 2 is 1.76 bits per heavy atom. The van der Waals surface area contributed by atoms with Crippen molar-refractivity contribution in [1.29, 1.82) is 0 Å². The van der Waals surface area contributed by atoms with E-state index in [1.807, 2.05) is 0 Å². The molecular weight excluding hydrogens is 276 g/mol. The minimum Gasteiger partial charge on any atom is -0.493 e. The van der Waals surface area contributed by atoms with E-state index in [9.17, 15) is 0 Å². The molecule has 0 bridgehead atoms. The molecule has 0 fully saturated rings. The fraction of sp³-hybridized carbons (Fsp3) is 0.600. The number of rotatable bonds is 6. The van der Waals surface area contributed by atoms with Gasteiger partial charge in [-0.25, -0.2) is 0 Å². The first kappa shape index (κ1) is 14.6. The standard InChI is InChI=1S/C15H23BrO/c1-11(7-9-16)8-10-17-15-13(3)6-5-12(2)14(15)4/h5-6,11H,7-10H2,1-4H3. The molecular formula is C15H23BrO. The van der Waals surface area contributed by atoms with Gasteiger partial charge in [-0.05, 0) is 56.2 Å². The van der Waals surface area contributed by atoms with Gasteiger partial charge in [0.1, 0.15) is 5.75 Å². The summed E-state index contributed by atoms with van der Waals surface area (Å²) >= 11 is 3.48. The molecule has 1 aromatic carbocycles. The fourth-order valence-corrected chi connectivity index (χ4v) is 2.62. The quantitative estimate of drug-likeness (QED) is 0.685. The number of alkyl halides is 1. The second-order valence-electron chi connectivity index (χ2n) is 4.87. The molecule has 0 saturated heterocycles. The van der Waals surface area contributed by atoms with Crippen LogP contribution in [0.4, 0.5) is 0 Å². The maximum atomic E-state index is 5.95. The minimum absolute atomic E-state index is 0.722. The molecule has 0 aliphatic heterocycles. The molecule has 17 heavy (non-hydrogen) atoms. The number of benzene rings is 1. The summed E-state index contributed by atoms with van der Waals surface area (Å²) in [6.45, 7) is 9.48. The van der Waals surface area contributed by atoms with E-state index in [0.29, 0.717) is 0 Å². The van der Waals surface area contributed by atoms with Gasteiger partial charge in [-0.15, -0.1) is 0 Å². The van der Waals surface area contributed by atoms with E-state index in [-0.39, 0.29) is 0 Å². The van der Waals surface area contributed by atoms with Crippen molar-refractivity contribution in [2.75, 3.05) is 11.9 Å². The van der Waals surface area contributed by atoms with Gasteiger partial charge in [0.25, 0.3) is 0 Å². The molecule has 96 valence electrons. The third-order valence-corrected chi connectivity index (χ3v) is 3.79. The first-order valence-corrected chi connectivity index (χ1v) is 7.44. The van der Waals surface area contributed by atoms with E-state index < -0.39 is 0 Å². The summed E-state index contributed by atoms with van der Waals surface area (Å²) in [6, 6.07) is 4.30. The van der Waals surface area contributed by atoms with Crippen LogP contribution in [-0.2, 0) is 0 Å². The van der Waals surface area contributed by atoms with Gasteiger partial charge >= 0.3 is 0 Å². The molecule has 1 rings (SSSR count). The summed E-state index contributed by atoms with van der Waals surface area (Å²) < 4.78 is 5.95. The summed E-state index contributed by atoms with van der Waals surface area (Å²) in [7, 11) is 0. The van der Waals surface area contributed by atoms with Gasteiger partial charge in [-0.3, -0.25) is 0 Å². The van der Waals surface area contributed by atoms with E-state index in [0.717, 1.165) is 30.0 Å². The highest BCUT2D eigenvalue weighted by molar-refractivity contribution is 9.09. The topological polar surface area (TPSA) is 9.23 Å². The van der Waals surface area contributed by atoms with Gasteiger partial charge in [-0.1, -0.05) is 35.0 Å². The number of halogens is 1. The molecule has 1 aromatic rings. The molecule has 0 N–H and O–H groups in total. The average Bonchev–Trinajstić information content (AvgIpc) is 2.29. The molecule has 0 heterocycles. The maximum absolute atomic E-state index is 5.95. The lowest BCUT2D eigenvalue weighted by Gasteiger charge is -2.15. The molecule has 0 aromatic heterocycles. The Hall–Kier alpha value is -0.500. The number of hydrogen-bond donors (Lipinski definition) is 0. The van der Waals surface area contributed by atoms with E-state index in [2.05, 4.69) is 55.8 Å². The normalized spacial score (nSPS) is 12.5. The van der Waals surface area contributed by atoms with Crippen molar-refractivity contribution in [2.24, 2.45) is 5.92 Å². The summed E-state index contributed by atoms with van der Waals surface area (Å²) in [5, 5.41) is 1.08. The largest absolute Gasteiger partial charge is 0.493 e. The van der Waals surface area contributed by atoms with Gasteiger partial charge < -0.3 is 4.74 Å². The lowest BCUT2D eigenvalue weighted by Crippen LogP contribution is -2.06. The van der Waals surface area contributed by atoms with E-state index in [4.69, 9.17) is 4.74 Å². The van der Waals surface area contributed by atoms with Crippen molar-refractivity contribution in [3.63, 3.8) is 0 Å². The van der Waals surface area contributed by atoms with E-state index >= 15 is 0 Å². The fourth-order valence-electron chi connectivity index (χ4n) is 1.84. The van der Waals surface area contributed by atoms with Crippen LogP contribution in [-0.4, -0.2) is 11.9 Å². The highest BCUT2D eigenvalue weighted by Crippen LogP contribution is 2.26. The van der Waals surface area contributed by atoms with Gasteiger partial charge in [-0.2, -0.15) is 0 Å². The van der Waals surface area contributed by atoms with Crippen molar-refractivity contribution < 1.29 is 4.74 Å². The average molecular weight is 299 g/mol. The van der Waals surface area contributed by atoms with Gasteiger partial charge in [0.15, 0.2) is 0 Å². The lowest BCUT2D eigenvalue weighted by atomic mass is 10.0. The number of aryl methyl sites for hydroxylation is 2. The van der Waals surface area contributed by atoms with Gasteiger partial charge in [0, 0.05) is 5.33 Å². The summed E-state index contributed by atoms with van der Waals surface area (Å²) in [5.74, 6) is 1.80. The minimum atomic E-state index is 0.722. The third kappa shape index (κ3) is 4.34. The van der Waals surface area contributed by atoms with Crippen LogP contribution in [0.1, 0.15) is 36.5 Å². The Bertz CT molecular complexity index is 360. The molecule has 1 atom stereocenters. The zero-order valence-electron chi connectivity index (χ0n) is 11.3. The Labute approximate surface area is 114 Å². The summed E-state index contributed by atoms with van der Waals surface area (Å²) in [6.07, 6.45) is 2.34. The summed E-state index contributed by atoms with van der Waals surface area (Å²) in [5.41, 5.74) is 3.82. The lowest BCUT2D eigenvalue weighted by molar-refractivity contribution is 0.279. The van der Waals surface area contributed by atoms with Crippen molar-refractivity contribution in [3.05, 3.63) is 28.8 Å². The first-order chi connectivity index (χ1) is 8.06. The summed E-state index contributed by atoms with van der Waals surface area (Å²) in [4.78, 5) is 0. The monoisotopic (exact) mass is 298 g/mol. The maximum Gasteiger partial charge on any atom is 0.125 e. The van der Waals surface area contributed by atoms with Gasteiger partial charge in [0.2, 0.25) is 0 Å². The first-order valence-electron chi connectivity index (χ1n) is 6.31. The molecule has 2 heteroatoms. The molecule has 0 aliphatic rings. The van der Waals surface area contributed by atoms with Crippen LogP contribution >= 0.6 is 15.9 Å². The van der Waals surface area contributed by atoms with Crippen molar-refractivity contribution in [3.8, 4) is 5.75 Å². The second-order valence-corrected chi connectivity index (χ2v) is 5.67. The second kappa shape index (κ2) is 7.05. The van der Waals surface area contributed by atoms with Crippen LogP contribution < -0.4 is 4.74 Å². The zero-order chi connectivity index (χ0) is 12.8. The number of hydrogen-bond acceptors (Lipinski definition) is 1. The smallest absolute Gasteiger partial charge is 0.125 e. The Morgan fingerprint density at radius 1 is 1.12 bits per heavy atom. The van der Waals surface area contributed by atoms with Gasteiger partial charge in [0.05, 0.1) is 6.61 Å². The highest BCUT2D eigenvalue weighted by atomic mass is 79.9. The third-order valence-electron chi connectivity index (χ3n) is 3.33. The molecule has 0 saturated carbocycles. The predicted octanol–water partition coefficient (Wildman–Crippen LogP) is 4.80. The van der Waals surface area contributed by atoms with Crippen LogP contribution in [0.2, 0.25) is 0 Å². The van der Waals surface area contributed by atoms with E-state index in [1.165, 1.54) is 23.1 Å². The van der Waals surface area contributed by atoms with Crippen LogP contribution in [0.5, 0.6) is 5.75 Å². The van der Waals surface area contributed by atoms with Crippen LogP contribution in [0.25, 0.3) is 0 Å². The Morgan fingerprint density at radius 3 is 2.41 bits per heavy atom. The Kier molecular flexibility index (Phi) is 6.04. The Balaban J connectivity index is 2.55. The molecule has 0 amide bonds. The van der Waals surface area contributed by atoms with Crippen molar-refractivity contribution in [2.45, 2.75) is 40.5 Å². The molecule has 0 spiro atoms. The zero-order valence-corrected chi connectivity index (χ0v) is 12.9. The van der Waals surface area contributed by atoms with E-state index in [1.54, 1.807) is 0 Å². The van der Waals surface area contributed by atoms with Crippen molar-refractivity contribution >= 4 is 15.9 Å². The predicted molar refractivity (Wildman–Crippen MR) is 78.3 cm³/mol. The number of ether oxygens (including phenoxy) is 1. The van der Waals surface area contributed by atoms with Crippen LogP contribution in [0.15, 0.2) is 12.1 Å². The highest BCUT2D eigenvalue weighted by Gasteiger charge is 2.07.